The number of anilines is 1. The average Bonchev–Trinajstić information content (AvgIpc) is 3.43. The summed E-state index contributed by atoms with van der Waals surface area (Å²) in [6, 6.07) is 10.7. The molecule has 28 heavy (non-hydrogen) atoms. The molecule has 1 aliphatic rings. The van der Waals surface area contributed by atoms with E-state index in [1.165, 1.54) is 38.1 Å². The molecule has 0 saturated carbocycles. The van der Waals surface area contributed by atoms with Crippen LogP contribution in [0.15, 0.2) is 36.4 Å². The van der Waals surface area contributed by atoms with E-state index >= 15 is 0 Å². The Morgan fingerprint density at radius 1 is 1.07 bits per heavy atom. The van der Waals surface area contributed by atoms with Crippen LogP contribution in [-0.2, 0) is 0 Å². The number of imidazole rings is 1. The van der Waals surface area contributed by atoms with Crippen molar-refractivity contribution in [1.82, 2.24) is 25.1 Å². The van der Waals surface area contributed by atoms with Gasteiger partial charge in [0.2, 0.25) is 0 Å². The number of H-pyrrole nitrogens is 2. The quantitative estimate of drug-likeness (QED) is 0.441. The minimum Gasteiger partial charge on any atom is -0.385 e. The predicted octanol–water partition coefficient (Wildman–Crippen LogP) is 4.14. The summed E-state index contributed by atoms with van der Waals surface area (Å²) in [6.07, 6.45) is 3.81. The predicted molar refractivity (Wildman–Crippen MR) is 110 cm³/mol. The first-order valence-corrected chi connectivity index (χ1v) is 9.86. The Morgan fingerprint density at radius 2 is 1.96 bits per heavy atom. The van der Waals surface area contributed by atoms with Crippen LogP contribution in [0.25, 0.3) is 33.5 Å². The minimum atomic E-state index is -0.285. The number of likely N-dealkylation sites (tertiary alicyclic amines) is 1. The number of halogens is 1. The fourth-order valence-corrected chi connectivity index (χ4v) is 3.94. The zero-order chi connectivity index (χ0) is 18.9. The number of nitrogens with one attached hydrogen (secondary N) is 3. The topological polar surface area (TPSA) is 72.6 Å². The van der Waals surface area contributed by atoms with E-state index in [-0.39, 0.29) is 5.82 Å². The largest absolute Gasteiger partial charge is 0.385 e. The van der Waals surface area contributed by atoms with Crippen molar-refractivity contribution in [3.8, 4) is 11.5 Å². The van der Waals surface area contributed by atoms with Crippen LogP contribution in [-0.4, -0.2) is 51.2 Å². The van der Waals surface area contributed by atoms with Gasteiger partial charge < -0.3 is 15.2 Å². The molecule has 1 fully saturated rings. The van der Waals surface area contributed by atoms with Gasteiger partial charge in [-0.1, -0.05) is 0 Å². The van der Waals surface area contributed by atoms with Crippen molar-refractivity contribution in [2.45, 2.75) is 19.3 Å². The van der Waals surface area contributed by atoms with E-state index in [4.69, 9.17) is 0 Å². The summed E-state index contributed by atoms with van der Waals surface area (Å²) in [5.74, 6) is 0.352. The highest BCUT2D eigenvalue weighted by Gasteiger charge is 2.14. The highest BCUT2D eigenvalue weighted by atomic mass is 19.1. The molecular weight excluding hydrogens is 355 g/mol. The van der Waals surface area contributed by atoms with Crippen molar-refractivity contribution >= 4 is 27.6 Å². The standard InChI is InChI=1S/C21H23FN6/c22-14-4-6-17-16(12-14)20(27-26-17)21-24-18-7-5-15(13-19(18)25-21)23-8-3-11-28-9-1-2-10-28/h4-7,12-13,23H,1-3,8-11H2,(H,24,25)(H,26,27). The molecule has 0 aliphatic carbocycles. The highest BCUT2D eigenvalue weighted by molar-refractivity contribution is 5.93. The maximum Gasteiger partial charge on any atom is 0.159 e. The number of fused-ring (bicyclic) bond motifs is 2. The monoisotopic (exact) mass is 378 g/mol. The number of aromatic amines is 2. The lowest BCUT2D eigenvalue weighted by atomic mass is 10.2. The van der Waals surface area contributed by atoms with Crippen LogP contribution in [0, 0.1) is 5.82 Å². The molecule has 0 atom stereocenters. The summed E-state index contributed by atoms with van der Waals surface area (Å²) in [6.45, 7) is 4.60. The van der Waals surface area contributed by atoms with Gasteiger partial charge in [-0.3, -0.25) is 5.10 Å². The third kappa shape index (κ3) is 3.33. The van der Waals surface area contributed by atoms with Crippen molar-refractivity contribution < 1.29 is 4.39 Å². The molecule has 2 aromatic heterocycles. The number of nitrogens with zero attached hydrogens (tertiary/aromatic N) is 3. The summed E-state index contributed by atoms with van der Waals surface area (Å²) in [7, 11) is 0. The van der Waals surface area contributed by atoms with Gasteiger partial charge in [-0.15, -0.1) is 0 Å². The molecule has 0 radical (unpaired) electrons. The lowest BCUT2D eigenvalue weighted by molar-refractivity contribution is 0.337. The van der Waals surface area contributed by atoms with Gasteiger partial charge in [0.1, 0.15) is 11.5 Å². The first-order valence-electron chi connectivity index (χ1n) is 9.86. The Kier molecular flexibility index (Phi) is 4.44. The molecule has 4 aromatic rings. The minimum absolute atomic E-state index is 0.285. The average molecular weight is 378 g/mol. The second-order valence-electron chi connectivity index (χ2n) is 7.41. The van der Waals surface area contributed by atoms with Crippen LogP contribution in [0.1, 0.15) is 19.3 Å². The summed E-state index contributed by atoms with van der Waals surface area (Å²) < 4.78 is 13.6. The molecule has 144 valence electrons. The summed E-state index contributed by atoms with van der Waals surface area (Å²) in [5.41, 5.74) is 4.29. The van der Waals surface area contributed by atoms with Gasteiger partial charge >= 0.3 is 0 Å². The molecule has 5 rings (SSSR count). The number of benzene rings is 2. The van der Waals surface area contributed by atoms with E-state index in [9.17, 15) is 4.39 Å². The molecule has 0 amide bonds. The summed E-state index contributed by atoms with van der Waals surface area (Å²) in [4.78, 5) is 10.5. The maximum absolute atomic E-state index is 13.6. The van der Waals surface area contributed by atoms with Gasteiger partial charge in [0.05, 0.1) is 16.6 Å². The zero-order valence-corrected chi connectivity index (χ0v) is 15.6. The molecule has 1 aliphatic heterocycles. The highest BCUT2D eigenvalue weighted by Crippen LogP contribution is 2.27. The van der Waals surface area contributed by atoms with Crippen molar-refractivity contribution in [1.29, 1.82) is 0 Å². The SMILES string of the molecule is Fc1ccc2[nH]nc(-c3nc4ccc(NCCCN5CCCC5)cc4[nH]3)c2c1. The van der Waals surface area contributed by atoms with Gasteiger partial charge in [0.25, 0.3) is 0 Å². The van der Waals surface area contributed by atoms with E-state index in [1.54, 1.807) is 6.07 Å². The molecule has 3 heterocycles. The Labute approximate surface area is 162 Å². The fraction of sp³-hybridized carbons (Fsp3) is 0.333. The first-order chi connectivity index (χ1) is 13.8. The lowest BCUT2D eigenvalue weighted by Gasteiger charge is -2.14. The van der Waals surface area contributed by atoms with Crippen molar-refractivity contribution in [3.63, 3.8) is 0 Å². The molecule has 0 bridgehead atoms. The fourth-order valence-electron chi connectivity index (χ4n) is 3.94. The van der Waals surface area contributed by atoms with Crippen LogP contribution in [0.2, 0.25) is 0 Å². The molecule has 7 heteroatoms. The van der Waals surface area contributed by atoms with Gasteiger partial charge in [0, 0.05) is 17.6 Å². The van der Waals surface area contributed by atoms with Gasteiger partial charge in [-0.05, 0) is 75.3 Å². The van der Waals surface area contributed by atoms with Crippen LogP contribution >= 0.6 is 0 Å². The first kappa shape index (κ1) is 17.2. The molecule has 3 N–H and O–H groups in total. The van der Waals surface area contributed by atoms with Crippen LogP contribution in [0.4, 0.5) is 10.1 Å². The van der Waals surface area contributed by atoms with Crippen molar-refractivity contribution in [2.24, 2.45) is 0 Å². The second kappa shape index (κ2) is 7.24. The Bertz CT molecular complexity index is 1110. The zero-order valence-electron chi connectivity index (χ0n) is 15.6. The number of hydrogen-bond donors (Lipinski definition) is 3. The van der Waals surface area contributed by atoms with Gasteiger partial charge in [0.15, 0.2) is 5.82 Å². The molecule has 0 spiro atoms. The number of rotatable bonds is 6. The van der Waals surface area contributed by atoms with E-state index in [0.29, 0.717) is 11.5 Å². The van der Waals surface area contributed by atoms with Crippen molar-refractivity contribution in [3.05, 3.63) is 42.2 Å². The van der Waals surface area contributed by atoms with Crippen LogP contribution in [0.5, 0.6) is 0 Å². The van der Waals surface area contributed by atoms with E-state index < -0.39 is 0 Å². The Hall–Kier alpha value is -2.93. The normalized spacial score (nSPS) is 15.0. The Morgan fingerprint density at radius 3 is 2.86 bits per heavy atom. The third-order valence-corrected chi connectivity index (χ3v) is 5.41. The van der Waals surface area contributed by atoms with Crippen LogP contribution < -0.4 is 5.32 Å². The van der Waals surface area contributed by atoms with Gasteiger partial charge in [-0.25, -0.2) is 9.37 Å². The third-order valence-electron chi connectivity index (χ3n) is 5.41. The van der Waals surface area contributed by atoms with E-state index in [2.05, 4.69) is 36.4 Å². The summed E-state index contributed by atoms with van der Waals surface area (Å²) in [5, 5.41) is 11.5. The molecular formula is C21H23FN6. The van der Waals surface area contributed by atoms with Crippen LogP contribution in [0.3, 0.4) is 0 Å². The number of aromatic nitrogens is 4. The molecule has 0 unspecified atom stereocenters. The smallest absolute Gasteiger partial charge is 0.159 e. The van der Waals surface area contributed by atoms with E-state index in [0.717, 1.165) is 47.1 Å². The Balaban J connectivity index is 1.32. The van der Waals surface area contributed by atoms with E-state index in [1.807, 2.05) is 12.1 Å². The molecule has 6 nitrogen and oxygen atoms in total. The van der Waals surface area contributed by atoms with Crippen molar-refractivity contribution in [2.75, 3.05) is 31.5 Å². The second-order valence-corrected chi connectivity index (χ2v) is 7.41. The summed E-state index contributed by atoms with van der Waals surface area (Å²) >= 11 is 0. The maximum atomic E-state index is 13.6. The molecule has 1 saturated heterocycles. The number of hydrogen-bond acceptors (Lipinski definition) is 4. The molecule has 2 aromatic carbocycles. The van der Waals surface area contributed by atoms with Gasteiger partial charge in [-0.2, -0.15) is 5.10 Å². The lowest BCUT2D eigenvalue weighted by Crippen LogP contribution is -2.22.